The van der Waals surface area contributed by atoms with E-state index in [1.54, 1.807) is 0 Å². The molecule has 0 aliphatic rings. The standard InChI is InChI=1S/C22H45BrO3/c1-2-3-4-5-6-7-8-9-10-11-12-13-14-15-17-24-19-21-26-22-20-25-18-16-23/h2-22H2,1H3. The molecule has 0 bridgehead atoms. The Kier molecular flexibility index (Phi) is 25.7. The van der Waals surface area contributed by atoms with Crippen LogP contribution in [0.5, 0.6) is 0 Å². The second-order valence-corrected chi connectivity index (χ2v) is 7.92. The molecule has 0 rings (SSSR count). The van der Waals surface area contributed by atoms with Gasteiger partial charge in [0.1, 0.15) is 0 Å². The lowest BCUT2D eigenvalue weighted by Gasteiger charge is -2.06. The lowest BCUT2D eigenvalue weighted by Crippen LogP contribution is -2.10. The van der Waals surface area contributed by atoms with Crippen LogP contribution in [0.15, 0.2) is 0 Å². The Morgan fingerprint density at radius 2 is 0.769 bits per heavy atom. The van der Waals surface area contributed by atoms with Crippen LogP contribution in [0.4, 0.5) is 0 Å². The van der Waals surface area contributed by atoms with Crippen LogP contribution in [0.3, 0.4) is 0 Å². The van der Waals surface area contributed by atoms with Gasteiger partial charge in [-0.1, -0.05) is 106 Å². The van der Waals surface area contributed by atoms with E-state index in [1.807, 2.05) is 0 Å². The molecule has 0 heterocycles. The fourth-order valence-corrected chi connectivity index (χ4v) is 3.22. The molecule has 4 heteroatoms. The molecule has 0 fully saturated rings. The Labute approximate surface area is 172 Å². The van der Waals surface area contributed by atoms with E-state index in [0.29, 0.717) is 26.4 Å². The minimum atomic E-state index is 0.662. The van der Waals surface area contributed by atoms with Crippen molar-refractivity contribution >= 4 is 15.9 Å². The van der Waals surface area contributed by atoms with Crippen molar-refractivity contribution in [1.82, 2.24) is 0 Å². The predicted octanol–water partition coefficient (Wildman–Crippen LogP) is 6.91. The summed E-state index contributed by atoms with van der Waals surface area (Å²) in [6, 6.07) is 0. The molecule has 3 nitrogen and oxygen atoms in total. The van der Waals surface area contributed by atoms with E-state index in [9.17, 15) is 0 Å². The highest BCUT2D eigenvalue weighted by atomic mass is 79.9. The smallest absolute Gasteiger partial charge is 0.0701 e. The average molecular weight is 438 g/mol. The van der Waals surface area contributed by atoms with E-state index in [0.717, 1.165) is 18.5 Å². The predicted molar refractivity (Wildman–Crippen MR) is 117 cm³/mol. The summed E-state index contributed by atoms with van der Waals surface area (Å²) in [6.45, 7) is 6.63. The van der Waals surface area contributed by atoms with Crippen LogP contribution in [0.1, 0.15) is 96.8 Å². The summed E-state index contributed by atoms with van der Waals surface area (Å²) in [5, 5.41) is 0.884. The highest BCUT2D eigenvalue weighted by molar-refractivity contribution is 9.09. The van der Waals surface area contributed by atoms with Crippen LogP contribution in [0.25, 0.3) is 0 Å². The first-order valence-corrected chi connectivity index (χ1v) is 12.3. The summed E-state index contributed by atoms with van der Waals surface area (Å²) in [7, 11) is 0. The number of ether oxygens (including phenoxy) is 3. The quantitative estimate of drug-likeness (QED) is 0.128. The van der Waals surface area contributed by atoms with Crippen LogP contribution < -0.4 is 0 Å². The summed E-state index contributed by atoms with van der Waals surface area (Å²) in [4.78, 5) is 0. The maximum atomic E-state index is 5.60. The fraction of sp³-hybridized carbons (Fsp3) is 1.00. The summed E-state index contributed by atoms with van der Waals surface area (Å²) >= 11 is 3.32. The third kappa shape index (κ3) is 24.4. The summed E-state index contributed by atoms with van der Waals surface area (Å²) in [5.74, 6) is 0. The third-order valence-corrected chi connectivity index (χ3v) is 4.93. The zero-order chi connectivity index (χ0) is 19.0. The van der Waals surface area contributed by atoms with Crippen LogP contribution in [-0.2, 0) is 14.2 Å². The summed E-state index contributed by atoms with van der Waals surface area (Å²) < 4.78 is 16.3. The van der Waals surface area contributed by atoms with Gasteiger partial charge in [0.2, 0.25) is 0 Å². The van der Waals surface area contributed by atoms with Crippen LogP contribution in [0.2, 0.25) is 0 Å². The summed E-state index contributed by atoms with van der Waals surface area (Å²) in [6.07, 6.45) is 19.6. The molecule has 0 radical (unpaired) electrons. The van der Waals surface area contributed by atoms with E-state index in [-0.39, 0.29) is 0 Å². The maximum Gasteiger partial charge on any atom is 0.0701 e. The van der Waals surface area contributed by atoms with Gasteiger partial charge in [-0.05, 0) is 6.42 Å². The first kappa shape index (κ1) is 26.4. The van der Waals surface area contributed by atoms with Crippen molar-refractivity contribution in [2.24, 2.45) is 0 Å². The molecule has 0 spiro atoms. The minimum absolute atomic E-state index is 0.662. The van der Waals surface area contributed by atoms with E-state index in [1.165, 1.54) is 89.9 Å². The van der Waals surface area contributed by atoms with Gasteiger partial charge < -0.3 is 14.2 Å². The number of unbranched alkanes of at least 4 members (excludes halogenated alkanes) is 13. The molecule has 158 valence electrons. The molecule has 0 saturated heterocycles. The number of hydrogen-bond donors (Lipinski definition) is 0. The van der Waals surface area contributed by atoms with E-state index >= 15 is 0 Å². The maximum absolute atomic E-state index is 5.60. The highest BCUT2D eigenvalue weighted by Gasteiger charge is 1.95. The molecule has 0 amide bonds. The number of hydrogen-bond acceptors (Lipinski definition) is 3. The van der Waals surface area contributed by atoms with Gasteiger partial charge in [0.25, 0.3) is 0 Å². The van der Waals surface area contributed by atoms with Gasteiger partial charge in [0.05, 0.1) is 33.0 Å². The molecule has 0 aliphatic carbocycles. The van der Waals surface area contributed by atoms with Crippen molar-refractivity contribution in [1.29, 1.82) is 0 Å². The highest BCUT2D eigenvalue weighted by Crippen LogP contribution is 2.12. The van der Waals surface area contributed by atoms with Gasteiger partial charge in [-0.25, -0.2) is 0 Å². The molecule has 26 heavy (non-hydrogen) atoms. The topological polar surface area (TPSA) is 27.7 Å². The lowest BCUT2D eigenvalue weighted by molar-refractivity contribution is 0.0168. The third-order valence-electron chi connectivity index (χ3n) is 4.61. The van der Waals surface area contributed by atoms with Crippen molar-refractivity contribution in [2.45, 2.75) is 96.8 Å². The molecule has 0 aromatic rings. The fourth-order valence-electron chi connectivity index (χ4n) is 3.00. The van der Waals surface area contributed by atoms with E-state index in [2.05, 4.69) is 22.9 Å². The van der Waals surface area contributed by atoms with E-state index < -0.39 is 0 Å². The first-order valence-electron chi connectivity index (χ1n) is 11.2. The van der Waals surface area contributed by atoms with Gasteiger partial charge in [0, 0.05) is 11.9 Å². The van der Waals surface area contributed by atoms with Crippen LogP contribution in [-0.4, -0.2) is 45.0 Å². The Hall–Kier alpha value is 0.360. The number of alkyl halides is 1. The lowest BCUT2D eigenvalue weighted by atomic mass is 10.0. The van der Waals surface area contributed by atoms with Crippen molar-refractivity contribution in [3.63, 3.8) is 0 Å². The number of halogens is 1. The molecule has 0 aromatic carbocycles. The molecule has 0 aliphatic heterocycles. The van der Waals surface area contributed by atoms with Crippen molar-refractivity contribution in [3.8, 4) is 0 Å². The molecule has 0 unspecified atom stereocenters. The van der Waals surface area contributed by atoms with Gasteiger partial charge in [0.15, 0.2) is 0 Å². The monoisotopic (exact) mass is 436 g/mol. The second-order valence-electron chi connectivity index (χ2n) is 7.12. The zero-order valence-corrected chi connectivity index (χ0v) is 19.0. The molecule has 0 saturated carbocycles. The molecule has 0 N–H and O–H groups in total. The zero-order valence-electron chi connectivity index (χ0n) is 17.5. The Morgan fingerprint density at radius 3 is 1.19 bits per heavy atom. The second kappa shape index (κ2) is 25.4. The van der Waals surface area contributed by atoms with Crippen molar-refractivity contribution in [3.05, 3.63) is 0 Å². The molecule has 0 aromatic heterocycles. The van der Waals surface area contributed by atoms with Crippen LogP contribution >= 0.6 is 15.9 Å². The minimum Gasteiger partial charge on any atom is -0.379 e. The first-order chi connectivity index (χ1) is 12.9. The van der Waals surface area contributed by atoms with Gasteiger partial charge in [-0.15, -0.1) is 0 Å². The molecule has 0 atom stereocenters. The SMILES string of the molecule is CCCCCCCCCCCCCCCCOCCOCCOCCBr. The van der Waals surface area contributed by atoms with E-state index in [4.69, 9.17) is 14.2 Å². The van der Waals surface area contributed by atoms with Gasteiger partial charge in [-0.2, -0.15) is 0 Å². The Morgan fingerprint density at radius 1 is 0.423 bits per heavy atom. The van der Waals surface area contributed by atoms with Crippen molar-refractivity contribution in [2.75, 3.05) is 45.0 Å². The van der Waals surface area contributed by atoms with Crippen molar-refractivity contribution < 1.29 is 14.2 Å². The largest absolute Gasteiger partial charge is 0.379 e. The number of rotatable bonds is 23. The molecular weight excluding hydrogens is 392 g/mol. The molecular formula is C22H45BrO3. The summed E-state index contributed by atoms with van der Waals surface area (Å²) in [5.41, 5.74) is 0. The Bertz CT molecular complexity index is 215. The van der Waals surface area contributed by atoms with Gasteiger partial charge in [-0.3, -0.25) is 0 Å². The Balaban J connectivity index is 2.95. The average Bonchev–Trinajstić information content (AvgIpc) is 2.66. The normalized spacial score (nSPS) is 11.3. The van der Waals surface area contributed by atoms with Crippen LogP contribution in [0, 0.1) is 0 Å². The van der Waals surface area contributed by atoms with Gasteiger partial charge >= 0.3 is 0 Å².